The number of allylic oxidation sites excluding steroid dienone is 3. The molecule has 2 heterocycles. The molecule has 2 aliphatic heterocycles. The number of carbonyl (C=O) groups excluding carboxylic acids is 4. The van der Waals surface area contributed by atoms with Crippen molar-refractivity contribution >= 4 is 45.5 Å². The maximum absolute atomic E-state index is 12.9. The lowest BCUT2D eigenvalue weighted by atomic mass is 9.80. The van der Waals surface area contributed by atoms with Crippen molar-refractivity contribution in [2.45, 2.75) is 32.1 Å². The molecule has 0 N–H and O–H groups in total. The smallest absolute Gasteiger partial charge is 0.261 e. The normalized spacial score (nSPS) is 17.9. The fourth-order valence-corrected chi connectivity index (χ4v) is 8.00. The number of terminal acetylenes is 1. The summed E-state index contributed by atoms with van der Waals surface area (Å²) in [5, 5.41) is 1.73. The van der Waals surface area contributed by atoms with Crippen molar-refractivity contribution in [3.63, 3.8) is 0 Å². The Balaban J connectivity index is 1.01. The molecule has 0 saturated heterocycles. The molecule has 6 nitrogen and oxygen atoms in total. The van der Waals surface area contributed by atoms with Crippen molar-refractivity contribution in [2.24, 2.45) is 0 Å². The van der Waals surface area contributed by atoms with Crippen LogP contribution in [0.4, 0.5) is 0 Å². The second-order valence-electron chi connectivity index (χ2n) is 13.5. The minimum absolute atomic E-state index is 0.254. The first-order valence-corrected chi connectivity index (χ1v) is 17.1. The molecule has 8 rings (SSSR count). The maximum atomic E-state index is 12.9. The highest BCUT2D eigenvalue weighted by Gasteiger charge is 2.34. The van der Waals surface area contributed by atoms with Crippen LogP contribution in [0.15, 0.2) is 103 Å². The van der Waals surface area contributed by atoms with E-state index in [0.29, 0.717) is 33.7 Å². The lowest BCUT2D eigenvalue weighted by Crippen LogP contribution is -2.38. The Bertz CT molecular complexity index is 2440. The van der Waals surface area contributed by atoms with E-state index in [1.807, 2.05) is 43.3 Å². The van der Waals surface area contributed by atoms with E-state index < -0.39 is 5.91 Å². The summed E-state index contributed by atoms with van der Waals surface area (Å²) in [5.74, 6) is 1.63. The quantitative estimate of drug-likeness (QED) is 0.109. The van der Waals surface area contributed by atoms with E-state index in [1.165, 1.54) is 36.2 Å². The van der Waals surface area contributed by atoms with Crippen LogP contribution in [-0.2, 0) is 4.79 Å². The second kappa shape index (κ2) is 12.2. The zero-order chi connectivity index (χ0) is 35.6. The molecule has 1 atom stereocenters. The third kappa shape index (κ3) is 5.04. The van der Waals surface area contributed by atoms with E-state index in [4.69, 9.17) is 6.42 Å². The summed E-state index contributed by atoms with van der Waals surface area (Å²) in [4.78, 5) is 53.8. The van der Waals surface area contributed by atoms with Crippen LogP contribution in [0.3, 0.4) is 0 Å². The average molecular weight is 667 g/mol. The number of benzene rings is 5. The molecule has 3 aliphatic rings. The van der Waals surface area contributed by atoms with Crippen molar-refractivity contribution in [1.29, 1.82) is 0 Å². The number of imide groups is 2. The predicted octanol–water partition coefficient (Wildman–Crippen LogP) is 8.69. The minimum atomic E-state index is -0.396. The molecule has 5 aromatic rings. The van der Waals surface area contributed by atoms with Crippen LogP contribution in [0.5, 0.6) is 0 Å². The van der Waals surface area contributed by atoms with Gasteiger partial charge in [-0.3, -0.25) is 29.0 Å². The molecule has 0 spiro atoms. The zero-order valence-corrected chi connectivity index (χ0v) is 28.6. The molecule has 0 aromatic heterocycles. The molecule has 0 fully saturated rings. The zero-order valence-electron chi connectivity index (χ0n) is 28.6. The van der Waals surface area contributed by atoms with Crippen LogP contribution in [0.2, 0.25) is 0 Å². The molecule has 6 heteroatoms. The van der Waals surface area contributed by atoms with Gasteiger partial charge in [-0.05, 0) is 100 Å². The Labute approximate surface area is 296 Å². The summed E-state index contributed by atoms with van der Waals surface area (Å²) < 4.78 is 0. The summed E-state index contributed by atoms with van der Waals surface area (Å²) in [7, 11) is 3.01. The maximum Gasteiger partial charge on any atom is 0.261 e. The molecule has 0 radical (unpaired) electrons. The van der Waals surface area contributed by atoms with Crippen molar-refractivity contribution < 1.29 is 19.2 Å². The lowest BCUT2D eigenvalue weighted by Gasteiger charge is -2.27. The van der Waals surface area contributed by atoms with Crippen LogP contribution < -0.4 is 0 Å². The van der Waals surface area contributed by atoms with Crippen LogP contribution in [0, 0.1) is 19.3 Å². The van der Waals surface area contributed by atoms with E-state index in [9.17, 15) is 19.2 Å². The van der Waals surface area contributed by atoms with Gasteiger partial charge in [-0.1, -0.05) is 84.8 Å². The monoisotopic (exact) mass is 666 g/mol. The van der Waals surface area contributed by atoms with Gasteiger partial charge in [0.1, 0.15) is 0 Å². The fraction of sp³-hybridized carbons (Fsp3) is 0.156. The molecule has 1 aliphatic carbocycles. The van der Waals surface area contributed by atoms with Gasteiger partial charge >= 0.3 is 0 Å². The van der Waals surface area contributed by atoms with Gasteiger partial charge in [0.05, 0.1) is 5.57 Å². The number of nitrogens with zero attached hydrogens (tertiary/aromatic N) is 2. The van der Waals surface area contributed by atoms with Crippen molar-refractivity contribution in [2.75, 3.05) is 14.1 Å². The summed E-state index contributed by atoms with van der Waals surface area (Å²) in [5.41, 5.74) is 11.2. The molecule has 5 aromatic carbocycles. The van der Waals surface area contributed by atoms with Crippen molar-refractivity contribution in [1.82, 2.24) is 9.80 Å². The Morgan fingerprint density at radius 1 is 0.667 bits per heavy atom. The summed E-state index contributed by atoms with van der Waals surface area (Å²) in [6, 6.07) is 30.5. The van der Waals surface area contributed by atoms with E-state index in [2.05, 4.69) is 60.5 Å². The van der Waals surface area contributed by atoms with Crippen LogP contribution in [0.1, 0.15) is 78.5 Å². The molecule has 1 unspecified atom stereocenters. The standard InChI is InChI=1S/C45H34N2O4/c1-5-7-36-40-26(2)33(22-24-38(40)44(50)46(3)42(36)48)31-18-14-29(15-19-31)27-10-12-28(13-11-27)30-16-20-32(21-17-30)34-23-25-39-41-35(34)8-6-9-37(41)43(49)47(4)45(39)51/h1,6-15,18-20,22-25,30H,16-17,21H2,2-4H3/b36-7+. The molecule has 51 heavy (non-hydrogen) atoms. The molecular formula is C45H34N2O4. The lowest BCUT2D eigenvalue weighted by molar-refractivity contribution is -0.121. The molecule has 0 saturated carbocycles. The van der Waals surface area contributed by atoms with E-state index >= 15 is 0 Å². The molecular weight excluding hydrogens is 633 g/mol. The number of hydrogen-bond donors (Lipinski definition) is 0. The molecule has 0 bridgehead atoms. The first kappa shape index (κ1) is 31.9. The SMILES string of the molecule is C#C/C=C1/C(=O)N(C)C(=O)c2ccc(-c3ccc(-c4ccc(C5CC=C(c6ccc7c8c(cccc68)C(=O)N(C)C7=O)CC5)cc4)cc3)c(C)c21. The highest BCUT2D eigenvalue weighted by Crippen LogP contribution is 2.41. The fourth-order valence-electron chi connectivity index (χ4n) is 8.00. The van der Waals surface area contributed by atoms with Gasteiger partial charge in [0.25, 0.3) is 23.6 Å². The van der Waals surface area contributed by atoms with Gasteiger partial charge in [0, 0.05) is 47.8 Å². The Hall–Kier alpha value is -6.32. The van der Waals surface area contributed by atoms with Crippen molar-refractivity contribution in [3.05, 3.63) is 142 Å². The largest absolute Gasteiger partial charge is 0.277 e. The third-order valence-corrected chi connectivity index (χ3v) is 10.8. The predicted molar refractivity (Wildman–Crippen MR) is 201 cm³/mol. The highest BCUT2D eigenvalue weighted by atomic mass is 16.2. The average Bonchev–Trinajstić information content (AvgIpc) is 3.17. The highest BCUT2D eigenvalue weighted by molar-refractivity contribution is 6.31. The van der Waals surface area contributed by atoms with Gasteiger partial charge in [-0.15, -0.1) is 6.42 Å². The first-order valence-electron chi connectivity index (χ1n) is 17.1. The van der Waals surface area contributed by atoms with Crippen LogP contribution >= 0.6 is 0 Å². The minimum Gasteiger partial charge on any atom is -0.277 e. The number of fused-ring (bicyclic) bond motifs is 1. The third-order valence-electron chi connectivity index (χ3n) is 10.8. The summed E-state index contributed by atoms with van der Waals surface area (Å²) in [6.07, 6.45) is 12.1. The van der Waals surface area contributed by atoms with Gasteiger partial charge in [0.2, 0.25) is 0 Å². The molecule has 4 amide bonds. The van der Waals surface area contributed by atoms with Crippen LogP contribution in [-0.4, -0.2) is 47.5 Å². The number of likely N-dealkylation sites (N-methyl/N-ethyl adjacent to an activating group) is 1. The summed E-state index contributed by atoms with van der Waals surface area (Å²) >= 11 is 0. The topological polar surface area (TPSA) is 74.8 Å². The van der Waals surface area contributed by atoms with Crippen LogP contribution in [0.25, 0.3) is 44.2 Å². The Morgan fingerprint density at radius 3 is 1.90 bits per heavy atom. The first-order chi connectivity index (χ1) is 24.7. The summed E-state index contributed by atoms with van der Waals surface area (Å²) in [6.45, 7) is 1.93. The second-order valence-corrected chi connectivity index (χ2v) is 13.5. The van der Waals surface area contributed by atoms with Gasteiger partial charge in [-0.25, -0.2) is 0 Å². The van der Waals surface area contributed by atoms with Crippen molar-refractivity contribution in [3.8, 4) is 34.6 Å². The number of hydrogen-bond acceptors (Lipinski definition) is 4. The number of rotatable bonds is 4. The van der Waals surface area contributed by atoms with E-state index in [-0.39, 0.29) is 17.7 Å². The molecule has 248 valence electrons. The van der Waals surface area contributed by atoms with Gasteiger partial charge in [0.15, 0.2) is 0 Å². The Kier molecular flexibility index (Phi) is 7.65. The van der Waals surface area contributed by atoms with Gasteiger partial charge in [-0.2, -0.15) is 0 Å². The number of amides is 4. The van der Waals surface area contributed by atoms with E-state index in [0.717, 1.165) is 68.3 Å². The van der Waals surface area contributed by atoms with E-state index in [1.54, 1.807) is 6.07 Å². The Morgan fingerprint density at radius 2 is 1.24 bits per heavy atom. The number of carbonyl (C=O) groups is 4. The van der Waals surface area contributed by atoms with Gasteiger partial charge < -0.3 is 0 Å².